The summed E-state index contributed by atoms with van der Waals surface area (Å²) in [7, 11) is -3.19. The maximum atomic E-state index is 12.2. The summed E-state index contributed by atoms with van der Waals surface area (Å²) in [6.07, 6.45) is 1.48. The molecular weight excluding hydrogens is 304 g/mol. The van der Waals surface area contributed by atoms with Crippen LogP contribution in [0.5, 0.6) is 0 Å². The molecule has 3 heterocycles. The van der Waals surface area contributed by atoms with Crippen molar-refractivity contribution in [1.82, 2.24) is 23.9 Å². The van der Waals surface area contributed by atoms with Gasteiger partial charge in [0.1, 0.15) is 12.1 Å². The molecule has 1 fully saturated rings. The summed E-state index contributed by atoms with van der Waals surface area (Å²) < 4.78 is 27.7. The van der Waals surface area contributed by atoms with E-state index in [1.807, 2.05) is 13.0 Å². The van der Waals surface area contributed by atoms with Gasteiger partial charge in [0.25, 0.3) is 5.78 Å². The molecule has 0 unspecified atom stereocenters. The fraction of sp³-hybridized carbons (Fsp3) is 0.615. The van der Waals surface area contributed by atoms with Crippen molar-refractivity contribution < 1.29 is 8.42 Å². The third-order valence-electron chi connectivity index (χ3n) is 3.88. The molecule has 9 heteroatoms. The Morgan fingerprint density at radius 3 is 2.50 bits per heavy atom. The molecule has 0 saturated carbocycles. The Morgan fingerprint density at radius 1 is 1.18 bits per heavy atom. The van der Waals surface area contributed by atoms with Crippen LogP contribution in [0.2, 0.25) is 0 Å². The third kappa shape index (κ3) is 2.54. The van der Waals surface area contributed by atoms with E-state index in [2.05, 4.69) is 20.0 Å². The molecule has 1 aliphatic rings. The van der Waals surface area contributed by atoms with E-state index in [0.29, 0.717) is 32.0 Å². The molecule has 2 aromatic heterocycles. The molecule has 0 amide bonds. The number of hydrogen-bond acceptors (Lipinski definition) is 6. The summed E-state index contributed by atoms with van der Waals surface area (Å²) >= 11 is 0. The summed E-state index contributed by atoms with van der Waals surface area (Å²) in [5.41, 5.74) is 0.868. The van der Waals surface area contributed by atoms with Gasteiger partial charge in [0.05, 0.1) is 5.25 Å². The predicted molar refractivity (Wildman–Crippen MR) is 83.4 cm³/mol. The van der Waals surface area contributed by atoms with Crippen LogP contribution < -0.4 is 4.90 Å². The summed E-state index contributed by atoms with van der Waals surface area (Å²) in [4.78, 5) is 10.6. The van der Waals surface area contributed by atoms with Crippen molar-refractivity contribution in [3.8, 4) is 0 Å². The molecule has 1 saturated heterocycles. The third-order valence-corrected chi connectivity index (χ3v) is 6.16. The van der Waals surface area contributed by atoms with Crippen LogP contribution in [0.3, 0.4) is 0 Å². The first-order chi connectivity index (χ1) is 10.4. The van der Waals surface area contributed by atoms with Crippen LogP contribution in [-0.2, 0) is 10.0 Å². The van der Waals surface area contributed by atoms with Crippen LogP contribution in [0.4, 0.5) is 5.82 Å². The van der Waals surface area contributed by atoms with Gasteiger partial charge in [-0.2, -0.15) is 18.9 Å². The highest BCUT2D eigenvalue weighted by Crippen LogP contribution is 2.19. The predicted octanol–water partition coefficient (Wildman–Crippen LogP) is 0.293. The smallest absolute Gasteiger partial charge is 0.254 e. The molecule has 3 rings (SSSR count). The summed E-state index contributed by atoms with van der Waals surface area (Å²) in [5, 5.41) is 3.82. The number of piperazine rings is 1. The van der Waals surface area contributed by atoms with Crippen molar-refractivity contribution in [2.75, 3.05) is 31.1 Å². The van der Waals surface area contributed by atoms with E-state index in [1.54, 1.807) is 22.7 Å². The second-order valence-corrected chi connectivity index (χ2v) is 8.20. The molecule has 0 aliphatic carbocycles. The van der Waals surface area contributed by atoms with Crippen molar-refractivity contribution in [1.29, 1.82) is 0 Å². The Hall–Kier alpha value is -1.74. The van der Waals surface area contributed by atoms with Crippen LogP contribution in [-0.4, -0.2) is 63.7 Å². The van der Waals surface area contributed by atoms with Gasteiger partial charge in [-0.1, -0.05) is 0 Å². The Kier molecular flexibility index (Phi) is 3.77. The van der Waals surface area contributed by atoms with E-state index in [0.717, 1.165) is 11.5 Å². The molecule has 0 N–H and O–H groups in total. The molecule has 0 spiro atoms. The second-order valence-electron chi connectivity index (χ2n) is 5.71. The van der Waals surface area contributed by atoms with Crippen molar-refractivity contribution in [2.24, 2.45) is 0 Å². The molecule has 8 nitrogen and oxygen atoms in total. The Bertz CT molecular complexity index is 777. The highest BCUT2D eigenvalue weighted by molar-refractivity contribution is 7.89. The van der Waals surface area contributed by atoms with E-state index in [-0.39, 0.29) is 5.25 Å². The summed E-state index contributed by atoms with van der Waals surface area (Å²) in [5.74, 6) is 1.47. The van der Waals surface area contributed by atoms with E-state index < -0.39 is 10.0 Å². The van der Waals surface area contributed by atoms with Gasteiger partial charge < -0.3 is 4.90 Å². The molecule has 22 heavy (non-hydrogen) atoms. The topological polar surface area (TPSA) is 83.7 Å². The first kappa shape index (κ1) is 15.2. The van der Waals surface area contributed by atoms with Crippen LogP contribution in [0.1, 0.15) is 19.5 Å². The largest absolute Gasteiger partial charge is 0.354 e. The van der Waals surface area contributed by atoms with Gasteiger partial charge >= 0.3 is 0 Å². The standard InChI is InChI=1S/C13H20N6O2S/c1-10(2)22(20,21)18-6-4-17(5-7-18)12-8-11(3)16-13-14-9-15-19(12)13/h8-10H,4-7H2,1-3H3. The minimum Gasteiger partial charge on any atom is -0.354 e. The quantitative estimate of drug-likeness (QED) is 0.807. The molecule has 2 aromatic rings. The molecule has 1 aliphatic heterocycles. The van der Waals surface area contributed by atoms with Gasteiger partial charge in [-0.15, -0.1) is 0 Å². The molecule has 0 atom stereocenters. The van der Waals surface area contributed by atoms with Crippen LogP contribution in [0.15, 0.2) is 12.4 Å². The molecule has 120 valence electrons. The van der Waals surface area contributed by atoms with E-state index >= 15 is 0 Å². The lowest BCUT2D eigenvalue weighted by molar-refractivity contribution is 0.379. The number of fused-ring (bicyclic) bond motifs is 1. The van der Waals surface area contributed by atoms with Gasteiger partial charge in [-0.3, -0.25) is 0 Å². The zero-order chi connectivity index (χ0) is 15.9. The Labute approximate surface area is 129 Å². The number of anilines is 1. The SMILES string of the molecule is Cc1cc(N2CCN(S(=O)(=O)C(C)C)CC2)n2ncnc2n1. The van der Waals surface area contributed by atoms with Gasteiger partial charge in [-0.05, 0) is 20.8 Å². The van der Waals surface area contributed by atoms with Crippen molar-refractivity contribution in [3.05, 3.63) is 18.1 Å². The minimum atomic E-state index is -3.19. The van der Waals surface area contributed by atoms with Crippen LogP contribution >= 0.6 is 0 Å². The maximum Gasteiger partial charge on any atom is 0.254 e. The van der Waals surface area contributed by atoms with E-state index in [1.165, 1.54) is 6.33 Å². The lowest BCUT2D eigenvalue weighted by atomic mass is 10.3. The molecule has 0 bridgehead atoms. The highest BCUT2D eigenvalue weighted by Gasteiger charge is 2.30. The Balaban J connectivity index is 1.83. The highest BCUT2D eigenvalue weighted by atomic mass is 32.2. The summed E-state index contributed by atoms with van der Waals surface area (Å²) in [6.45, 7) is 7.57. The first-order valence-electron chi connectivity index (χ1n) is 7.31. The van der Waals surface area contributed by atoms with Crippen molar-refractivity contribution in [3.63, 3.8) is 0 Å². The summed E-state index contributed by atoms with van der Waals surface area (Å²) in [6, 6.07) is 1.95. The minimum absolute atomic E-state index is 0.385. The Morgan fingerprint density at radius 2 is 1.86 bits per heavy atom. The fourth-order valence-corrected chi connectivity index (χ4v) is 3.87. The van der Waals surface area contributed by atoms with Crippen molar-refractivity contribution in [2.45, 2.75) is 26.0 Å². The number of rotatable bonds is 3. The van der Waals surface area contributed by atoms with Gasteiger partial charge in [-0.25, -0.2) is 13.4 Å². The average molecular weight is 324 g/mol. The molecule has 0 radical (unpaired) electrons. The lowest BCUT2D eigenvalue weighted by Gasteiger charge is -2.36. The van der Waals surface area contributed by atoms with Crippen LogP contribution in [0.25, 0.3) is 5.78 Å². The number of sulfonamides is 1. The van der Waals surface area contributed by atoms with E-state index in [4.69, 9.17) is 0 Å². The van der Waals surface area contributed by atoms with Crippen LogP contribution in [0, 0.1) is 6.92 Å². The normalized spacial score (nSPS) is 17.5. The fourth-order valence-electron chi connectivity index (χ4n) is 2.61. The lowest BCUT2D eigenvalue weighted by Crippen LogP contribution is -2.50. The van der Waals surface area contributed by atoms with Gasteiger partial charge in [0, 0.05) is 37.9 Å². The number of hydrogen-bond donors (Lipinski definition) is 0. The van der Waals surface area contributed by atoms with E-state index in [9.17, 15) is 8.42 Å². The number of nitrogens with zero attached hydrogens (tertiary/aromatic N) is 6. The molecule has 0 aromatic carbocycles. The average Bonchev–Trinajstić information content (AvgIpc) is 2.94. The zero-order valence-electron chi connectivity index (χ0n) is 13.0. The van der Waals surface area contributed by atoms with Crippen molar-refractivity contribution >= 4 is 21.6 Å². The maximum absolute atomic E-state index is 12.2. The van der Waals surface area contributed by atoms with Gasteiger partial charge in [0.15, 0.2) is 0 Å². The first-order valence-corrected chi connectivity index (χ1v) is 8.81. The van der Waals surface area contributed by atoms with Gasteiger partial charge in [0.2, 0.25) is 10.0 Å². The monoisotopic (exact) mass is 324 g/mol. The zero-order valence-corrected chi connectivity index (χ0v) is 13.8. The number of aromatic nitrogens is 4. The second kappa shape index (κ2) is 5.47. The molecular formula is C13H20N6O2S. The number of aryl methyl sites for hydroxylation is 1.